The van der Waals surface area contributed by atoms with Gasteiger partial charge in [0.05, 0.1) is 11.1 Å². The molecule has 3 aromatic rings. The predicted octanol–water partition coefficient (Wildman–Crippen LogP) is 2.02. The minimum Gasteiger partial charge on any atom is -0.353 e. The van der Waals surface area contributed by atoms with Gasteiger partial charge >= 0.3 is 0 Å². The van der Waals surface area contributed by atoms with E-state index in [1.54, 1.807) is 6.20 Å². The van der Waals surface area contributed by atoms with Crippen molar-refractivity contribution in [3.05, 3.63) is 30.1 Å². The Morgan fingerprint density at radius 1 is 1.12 bits per heavy atom. The molecule has 3 aromatic heterocycles. The highest BCUT2D eigenvalue weighted by Crippen LogP contribution is 2.32. The smallest absolute Gasteiger partial charge is 0.182 e. The maximum Gasteiger partial charge on any atom is 0.182 e. The van der Waals surface area contributed by atoms with E-state index in [-0.39, 0.29) is 0 Å². The third-order valence-electron chi connectivity index (χ3n) is 5.62. The molecular formula is C19H23N7. The van der Waals surface area contributed by atoms with Gasteiger partial charge in [0.25, 0.3) is 0 Å². The van der Waals surface area contributed by atoms with E-state index in [1.165, 1.54) is 19.4 Å². The summed E-state index contributed by atoms with van der Waals surface area (Å²) < 4.78 is 1.86. The zero-order valence-electron chi connectivity index (χ0n) is 15.3. The number of hydrogen-bond acceptors (Lipinski definition) is 6. The second-order valence-corrected chi connectivity index (χ2v) is 7.27. The molecule has 5 heterocycles. The molecule has 7 heteroatoms. The van der Waals surface area contributed by atoms with E-state index in [1.807, 2.05) is 36.9 Å². The van der Waals surface area contributed by atoms with Gasteiger partial charge in [-0.15, -0.1) is 0 Å². The van der Waals surface area contributed by atoms with Gasteiger partial charge in [0.15, 0.2) is 11.5 Å². The minimum absolute atomic E-state index is 0.643. The van der Waals surface area contributed by atoms with Crippen LogP contribution in [0.15, 0.2) is 24.4 Å². The monoisotopic (exact) mass is 349 g/mol. The number of piperazine rings is 1. The van der Waals surface area contributed by atoms with Crippen molar-refractivity contribution in [1.29, 1.82) is 0 Å². The molecule has 134 valence electrons. The highest BCUT2D eigenvalue weighted by Gasteiger charge is 2.32. The molecule has 0 unspecified atom stereocenters. The second kappa shape index (κ2) is 6.02. The lowest BCUT2D eigenvalue weighted by Gasteiger charge is -2.38. The summed E-state index contributed by atoms with van der Waals surface area (Å²) in [5.41, 5.74) is 2.66. The molecule has 0 amide bonds. The van der Waals surface area contributed by atoms with Crippen LogP contribution in [-0.2, 0) is 7.05 Å². The van der Waals surface area contributed by atoms with Gasteiger partial charge in [-0.25, -0.2) is 9.97 Å². The predicted molar refractivity (Wildman–Crippen MR) is 101 cm³/mol. The van der Waals surface area contributed by atoms with Crippen LogP contribution < -0.4 is 4.90 Å². The molecule has 5 rings (SSSR count). The Kier molecular flexibility index (Phi) is 3.63. The van der Waals surface area contributed by atoms with Crippen molar-refractivity contribution in [3.8, 4) is 11.5 Å². The van der Waals surface area contributed by atoms with E-state index in [4.69, 9.17) is 9.97 Å². The first-order valence-corrected chi connectivity index (χ1v) is 9.32. The Labute approximate surface area is 152 Å². The number of hydrogen-bond donors (Lipinski definition) is 0. The van der Waals surface area contributed by atoms with Gasteiger partial charge in [-0.3, -0.25) is 14.6 Å². The maximum atomic E-state index is 4.96. The van der Waals surface area contributed by atoms with E-state index in [0.717, 1.165) is 47.9 Å². The topological polar surface area (TPSA) is 63.0 Å². The van der Waals surface area contributed by atoms with Crippen LogP contribution in [0.25, 0.3) is 22.6 Å². The van der Waals surface area contributed by atoms with Gasteiger partial charge in [0, 0.05) is 38.9 Å². The first-order valence-electron chi connectivity index (χ1n) is 9.32. The second-order valence-electron chi connectivity index (χ2n) is 7.27. The quantitative estimate of drug-likeness (QED) is 0.705. The van der Waals surface area contributed by atoms with E-state index < -0.39 is 0 Å². The average Bonchev–Trinajstić information content (AvgIpc) is 3.25. The molecule has 2 saturated heterocycles. The highest BCUT2D eigenvalue weighted by molar-refractivity contribution is 5.91. The summed E-state index contributed by atoms with van der Waals surface area (Å²) in [6, 6.07) is 6.49. The van der Waals surface area contributed by atoms with Crippen LogP contribution in [0.3, 0.4) is 0 Å². The molecular weight excluding hydrogens is 326 g/mol. The van der Waals surface area contributed by atoms with Gasteiger partial charge in [-0.1, -0.05) is 6.07 Å². The molecule has 2 fully saturated rings. The Morgan fingerprint density at radius 3 is 2.88 bits per heavy atom. The van der Waals surface area contributed by atoms with Crippen LogP contribution >= 0.6 is 0 Å². The van der Waals surface area contributed by atoms with Crippen LogP contribution in [0.4, 0.5) is 5.82 Å². The summed E-state index contributed by atoms with van der Waals surface area (Å²) in [6.07, 6.45) is 4.38. The Bertz CT molecular complexity index is 949. The number of anilines is 1. The fraction of sp³-hybridized carbons (Fsp3) is 0.474. The van der Waals surface area contributed by atoms with Crippen molar-refractivity contribution < 1.29 is 0 Å². The molecule has 0 saturated carbocycles. The zero-order valence-corrected chi connectivity index (χ0v) is 15.3. The van der Waals surface area contributed by atoms with Gasteiger partial charge in [-0.05, 0) is 38.4 Å². The number of aromatic nitrogens is 5. The normalized spacial score (nSPS) is 20.7. The van der Waals surface area contributed by atoms with Crippen molar-refractivity contribution >= 4 is 16.9 Å². The fourth-order valence-electron chi connectivity index (χ4n) is 4.34. The van der Waals surface area contributed by atoms with Gasteiger partial charge in [0.1, 0.15) is 11.5 Å². The van der Waals surface area contributed by atoms with E-state index in [9.17, 15) is 0 Å². The molecule has 7 nitrogen and oxygen atoms in total. The summed E-state index contributed by atoms with van der Waals surface area (Å²) in [6.45, 7) is 6.42. The van der Waals surface area contributed by atoms with Gasteiger partial charge in [0.2, 0.25) is 0 Å². The number of pyridine rings is 1. The summed E-state index contributed by atoms with van der Waals surface area (Å²) in [7, 11) is 1.95. The lowest BCUT2D eigenvalue weighted by atomic mass is 10.1. The molecule has 0 spiro atoms. The molecule has 2 aliphatic heterocycles. The summed E-state index contributed by atoms with van der Waals surface area (Å²) in [5.74, 6) is 1.68. The Hall–Kier alpha value is -2.54. The fourth-order valence-corrected chi connectivity index (χ4v) is 4.34. The van der Waals surface area contributed by atoms with Crippen LogP contribution in [0.1, 0.15) is 18.5 Å². The molecule has 0 radical (unpaired) electrons. The summed E-state index contributed by atoms with van der Waals surface area (Å²) >= 11 is 0. The molecule has 0 aliphatic carbocycles. The minimum atomic E-state index is 0.643. The molecule has 0 N–H and O–H groups in total. The number of rotatable bonds is 2. The van der Waals surface area contributed by atoms with Crippen molar-refractivity contribution in [1.82, 2.24) is 29.6 Å². The molecule has 26 heavy (non-hydrogen) atoms. The maximum absolute atomic E-state index is 4.96. The van der Waals surface area contributed by atoms with E-state index in [0.29, 0.717) is 11.9 Å². The van der Waals surface area contributed by atoms with E-state index in [2.05, 4.69) is 19.9 Å². The lowest BCUT2D eigenvalue weighted by Crippen LogP contribution is -2.50. The Balaban J connectivity index is 1.65. The third kappa shape index (κ3) is 2.46. The largest absolute Gasteiger partial charge is 0.353 e. The number of nitrogens with zero attached hydrogens (tertiary/aromatic N) is 7. The number of fused-ring (bicyclic) bond motifs is 2. The van der Waals surface area contributed by atoms with Crippen LogP contribution in [-0.4, -0.2) is 61.9 Å². The van der Waals surface area contributed by atoms with Crippen molar-refractivity contribution in [2.45, 2.75) is 25.8 Å². The number of aryl methyl sites for hydroxylation is 2. The molecule has 0 bridgehead atoms. The Morgan fingerprint density at radius 2 is 2.04 bits per heavy atom. The van der Waals surface area contributed by atoms with Crippen molar-refractivity contribution in [2.75, 3.05) is 31.1 Å². The van der Waals surface area contributed by atoms with E-state index >= 15 is 0 Å². The summed E-state index contributed by atoms with van der Waals surface area (Å²) in [5, 5.41) is 5.67. The first-order chi connectivity index (χ1) is 12.7. The van der Waals surface area contributed by atoms with Crippen LogP contribution in [0, 0.1) is 6.92 Å². The third-order valence-corrected chi connectivity index (χ3v) is 5.62. The van der Waals surface area contributed by atoms with Gasteiger partial charge < -0.3 is 4.90 Å². The average molecular weight is 349 g/mol. The highest BCUT2D eigenvalue weighted by atomic mass is 15.3. The van der Waals surface area contributed by atoms with Crippen molar-refractivity contribution in [2.24, 2.45) is 7.05 Å². The lowest BCUT2D eigenvalue weighted by molar-refractivity contribution is 0.230. The zero-order chi connectivity index (χ0) is 17.7. The molecule has 2 aliphatic rings. The van der Waals surface area contributed by atoms with Crippen molar-refractivity contribution in [3.63, 3.8) is 0 Å². The van der Waals surface area contributed by atoms with Gasteiger partial charge in [-0.2, -0.15) is 5.10 Å². The SMILES string of the molecule is Cc1nn(C)c2nc(-c3ccccn3)nc(N3CCN4CCC[C@H]4C3)c12. The van der Waals surface area contributed by atoms with Crippen LogP contribution in [0.2, 0.25) is 0 Å². The standard InChI is InChI=1S/C19H23N7/c1-13-16-18(24(2)23-13)21-17(15-7-3-4-8-20-15)22-19(16)26-11-10-25-9-5-6-14(25)12-26/h3-4,7-8,14H,5-6,9-12H2,1-2H3/t14-/m0/s1. The molecule has 0 aromatic carbocycles. The first kappa shape index (κ1) is 15.7. The summed E-state index contributed by atoms with van der Waals surface area (Å²) in [4.78, 5) is 19.2. The molecule has 1 atom stereocenters. The van der Waals surface area contributed by atoms with Crippen LogP contribution in [0.5, 0.6) is 0 Å².